The zero-order valence-corrected chi connectivity index (χ0v) is 11.5. The first kappa shape index (κ1) is 13.0. The zero-order valence-electron chi connectivity index (χ0n) is 10.6. The molecule has 0 aliphatic carbocycles. The van der Waals surface area contributed by atoms with E-state index in [1.54, 1.807) is 36.5 Å². The van der Waals surface area contributed by atoms with Gasteiger partial charge in [-0.2, -0.15) is 0 Å². The molecule has 0 spiro atoms. The fourth-order valence-corrected chi connectivity index (χ4v) is 3.40. The number of aromatic nitrogens is 1. The van der Waals surface area contributed by atoms with E-state index in [0.29, 0.717) is 10.9 Å². The Morgan fingerprint density at radius 2 is 1.83 bits per heavy atom. The summed E-state index contributed by atoms with van der Waals surface area (Å²) in [4.78, 5) is 4.43. The van der Waals surface area contributed by atoms with Gasteiger partial charge >= 0.3 is 0 Å². The van der Waals surface area contributed by atoms with E-state index in [1.165, 1.54) is 0 Å². The maximum Gasteiger partial charge on any atom is 0.241 e. The van der Waals surface area contributed by atoms with Gasteiger partial charge in [0.25, 0.3) is 0 Å². The molecule has 0 aliphatic heterocycles. The van der Waals surface area contributed by atoms with E-state index in [9.17, 15) is 8.42 Å². The van der Waals surface area contributed by atoms with Crippen molar-refractivity contribution in [1.29, 1.82) is 0 Å². The second-order valence-corrected chi connectivity index (χ2v) is 6.83. The van der Waals surface area contributed by atoms with Crippen molar-refractivity contribution in [2.45, 2.75) is 31.2 Å². The molecule has 0 unspecified atom stereocenters. The fourth-order valence-electron chi connectivity index (χ4n) is 1.77. The van der Waals surface area contributed by atoms with Crippen LogP contribution in [0.15, 0.2) is 41.4 Å². The molecule has 0 atom stereocenters. The van der Waals surface area contributed by atoms with Crippen molar-refractivity contribution in [3.05, 3.63) is 36.5 Å². The molecule has 1 aromatic heterocycles. The number of fused-ring (bicyclic) bond motifs is 1. The minimum Gasteiger partial charge on any atom is -0.256 e. The smallest absolute Gasteiger partial charge is 0.241 e. The van der Waals surface area contributed by atoms with Gasteiger partial charge in [0.1, 0.15) is 0 Å². The summed E-state index contributed by atoms with van der Waals surface area (Å²) in [5.41, 5.74) is 0.165. The van der Waals surface area contributed by atoms with Gasteiger partial charge in [-0.1, -0.05) is 6.07 Å². The average Bonchev–Trinajstić information content (AvgIpc) is 2.25. The lowest BCUT2D eigenvalue weighted by molar-refractivity contribution is 0.492. The number of benzene rings is 1. The summed E-state index contributed by atoms with van der Waals surface area (Å²) in [6.07, 6.45) is 1.65. The minimum absolute atomic E-state index is 0.267. The van der Waals surface area contributed by atoms with E-state index in [1.807, 2.05) is 20.8 Å². The Balaban J connectivity index is 2.61. The second-order valence-electron chi connectivity index (χ2n) is 5.18. The summed E-state index contributed by atoms with van der Waals surface area (Å²) in [6.45, 7) is 5.44. The van der Waals surface area contributed by atoms with E-state index in [-0.39, 0.29) is 4.90 Å². The highest BCUT2D eigenvalue weighted by atomic mass is 32.2. The molecule has 0 radical (unpaired) electrons. The van der Waals surface area contributed by atoms with Gasteiger partial charge in [-0.05, 0) is 45.0 Å². The van der Waals surface area contributed by atoms with E-state index < -0.39 is 15.6 Å². The van der Waals surface area contributed by atoms with E-state index >= 15 is 0 Å². The maximum absolute atomic E-state index is 12.3. The topological polar surface area (TPSA) is 59.1 Å². The largest absolute Gasteiger partial charge is 0.256 e. The molecule has 2 aromatic rings. The first-order valence-corrected chi connectivity index (χ1v) is 7.16. The van der Waals surface area contributed by atoms with Crippen molar-refractivity contribution in [1.82, 2.24) is 9.71 Å². The summed E-state index contributed by atoms with van der Waals surface area (Å²) in [5.74, 6) is 0. The molecule has 0 aliphatic rings. The van der Waals surface area contributed by atoms with Crippen LogP contribution in [0, 0.1) is 0 Å². The van der Waals surface area contributed by atoms with Crippen molar-refractivity contribution >= 4 is 20.9 Å². The average molecular weight is 264 g/mol. The van der Waals surface area contributed by atoms with Crippen molar-refractivity contribution < 1.29 is 8.42 Å². The first-order chi connectivity index (χ1) is 8.30. The molecule has 1 aromatic carbocycles. The van der Waals surface area contributed by atoms with Crippen LogP contribution < -0.4 is 4.72 Å². The lowest BCUT2D eigenvalue weighted by Gasteiger charge is -2.20. The maximum atomic E-state index is 12.3. The summed E-state index contributed by atoms with van der Waals surface area (Å²) in [5, 5.41) is 0.636. The number of hydrogen-bond donors (Lipinski definition) is 1. The molecule has 0 amide bonds. The van der Waals surface area contributed by atoms with Crippen molar-refractivity contribution in [3.63, 3.8) is 0 Å². The fraction of sp³-hybridized carbons (Fsp3) is 0.308. The highest BCUT2D eigenvalue weighted by Crippen LogP contribution is 2.22. The Bertz CT molecular complexity index is 667. The Morgan fingerprint density at radius 1 is 1.11 bits per heavy atom. The predicted octanol–water partition coefficient (Wildman–Crippen LogP) is 2.31. The minimum atomic E-state index is -3.53. The van der Waals surface area contributed by atoms with Crippen molar-refractivity contribution in [3.8, 4) is 0 Å². The quantitative estimate of drug-likeness (QED) is 0.905. The Labute approximate surface area is 107 Å². The van der Waals surface area contributed by atoms with Crippen LogP contribution in [0.25, 0.3) is 10.9 Å². The molecule has 4 nitrogen and oxygen atoms in total. The monoisotopic (exact) mass is 264 g/mol. The number of nitrogens with zero attached hydrogens (tertiary/aromatic N) is 1. The van der Waals surface area contributed by atoms with Crippen LogP contribution in [0.1, 0.15) is 20.8 Å². The summed E-state index contributed by atoms with van der Waals surface area (Å²) in [6, 6.07) is 8.59. The van der Waals surface area contributed by atoms with Crippen LogP contribution in [0.3, 0.4) is 0 Å². The van der Waals surface area contributed by atoms with Gasteiger partial charge in [0, 0.05) is 17.1 Å². The predicted molar refractivity (Wildman–Crippen MR) is 71.8 cm³/mol. The third kappa shape index (κ3) is 2.68. The van der Waals surface area contributed by atoms with Gasteiger partial charge in [0.15, 0.2) is 0 Å². The van der Waals surface area contributed by atoms with Crippen LogP contribution in [0.5, 0.6) is 0 Å². The van der Waals surface area contributed by atoms with Crippen LogP contribution in [-0.4, -0.2) is 18.9 Å². The normalized spacial score (nSPS) is 12.8. The molecule has 5 heteroatoms. The van der Waals surface area contributed by atoms with Crippen LogP contribution in [0.2, 0.25) is 0 Å². The van der Waals surface area contributed by atoms with Gasteiger partial charge in [0.05, 0.1) is 10.4 Å². The molecule has 1 N–H and O–H groups in total. The van der Waals surface area contributed by atoms with Gasteiger partial charge in [-0.3, -0.25) is 4.98 Å². The van der Waals surface area contributed by atoms with Gasteiger partial charge in [0.2, 0.25) is 10.0 Å². The number of sulfonamides is 1. The summed E-state index contributed by atoms with van der Waals surface area (Å²) < 4.78 is 27.3. The Morgan fingerprint density at radius 3 is 2.50 bits per heavy atom. The Kier molecular flexibility index (Phi) is 3.12. The molecular weight excluding hydrogens is 248 g/mol. The highest BCUT2D eigenvalue weighted by molar-refractivity contribution is 7.89. The molecule has 0 saturated heterocycles. The van der Waals surface area contributed by atoms with Crippen molar-refractivity contribution in [2.75, 3.05) is 0 Å². The molecule has 18 heavy (non-hydrogen) atoms. The van der Waals surface area contributed by atoms with E-state index in [4.69, 9.17) is 0 Å². The van der Waals surface area contributed by atoms with Gasteiger partial charge in [-0.25, -0.2) is 13.1 Å². The summed E-state index contributed by atoms with van der Waals surface area (Å²) in [7, 11) is -3.53. The van der Waals surface area contributed by atoms with Crippen LogP contribution in [-0.2, 0) is 10.0 Å². The molecule has 0 fully saturated rings. The molecule has 1 heterocycles. The molecule has 96 valence electrons. The van der Waals surface area contributed by atoms with Gasteiger partial charge < -0.3 is 0 Å². The molecule has 0 bridgehead atoms. The zero-order chi connectivity index (χ0) is 13.4. The third-order valence-corrected chi connectivity index (χ3v) is 4.15. The SMILES string of the molecule is CC(C)(C)NS(=O)(=O)c1cccc2ncccc12. The van der Waals surface area contributed by atoms with Crippen molar-refractivity contribution in [2.24, 2.45) is 0 Å². The lowest BCUT2D eigenvalue weighted by atomic mass is 10.1. The van der Waals surface area contributed by atoms with Crippen LogP contribution in [0.4, 0.5) is 0 Å². The number of rotatable bonds is 2. The van der Waals surface area contributed by atoms with Gasteiger partial charge in [-0.15, -0.1) is 0 Å². The first-order valence-electron chi connectivity index (χ1n) is 5.67. The number of hydrogen-bond acceptors (Lipinski definition) is 3. The highest BCUT2D eigenvalue weighted by Gasteiger charge is 2.23. The summed E-state index contributed by atoms with van der Waals surface area (Å²) >= 11 is 0. The molecular formula is C13H16N2O2S. The standard InChI is InChI=1S/C13H16N2O2S/c1-13(2,3)15-18(16,17)12-8-4-7-11-10(12)6-5-9-14-11/h4-9,15H,1-3H3. The van der Waals surface area contributed by atoms with E-state index in [0.717, 1.165) is 0 Å². The Hall–Kier alpha value is -1.46. The number of pyridine rings is 1. The number of nitrogens with one attached hydrogen (secondary N) is 1. The lowest BCUT2D eigenvalue weighted by Crippen LogP contribution is -2.40. The van der Waals surface area contributed by atoms with Crippen LogP contribution >= 0.6 is 0 Å². The second kappa shape index (κ2) is 4.33. The third-order valence-electron chi connectivity index (χ3n) is 2.34. The molecule has 0 saturated carbocycles. The molecule has 2 rings (SSSR count). The van der Waals surface area contributed by atoms with E-state index in [2.05, 4.69) is 9.71 Å².